The van der Waals surface area contributed by atoms with Crippen LogP contribution >= 0.6 is 22.9 Å². The van der Waals surface area contributed by atoms with Crippen molar-refractivity contribution in [3.8, 4) is 5.75 Å². The van der Waals surface area contributed by atoms with Crippen molar-refractivity contribution in [2.75, 3.05) is 0 Å². The second-order valence-electron chi connectivity index (χ2n) is 4.11. The number of thiazole rings is 1. The molecule has 0 atom stereocenters. The molecule has 2 nitrogen and oxygen atoms in total. The summed E-state index contributed by atoms with van der Waals surface area (Å²) < 4.78 is 5.84. The third kappa shape index (κ3) is 2.57. The monoisotopic (exact) mass is 289 g/mol. The first-order chi connectivity index (χ1) is 9.38. The minimum atomic E-state index is 0.439. The molecule has 0 aliphatic heterocycles. The number of nitrogens with zero attached hydrogens (tertiary/aromatic N) is 1. The topological polar surface area (TPSA) is 22.1 Å². The van der Waals surface area contributed by atoms with E-state index in [1.165, 1.54) is 5.39 Å². The molecule has 0 saturated carbocycles. The Hall–Kier alpha value is -1.58. The lowest BCUT2D eigenvalue weighted by molar-refractivity contribution is 0.303. The molecule has 0 aliphatic carbocycles. The first-order valence-electron chi connectivity index (χ1n) is 5.96. The average molecular weight is 290 g/mol. The largest absolute Gasteiger partial charge is 0.486 e. The van der Waals surface area contributed by atoms with Gasteiger partial charge in [0.25, 0.3) is 0 Å². The minimum Gasteiger partial charge on any atom is -0.486 e. The Morgan fingerprint density at radius 1 is 1.16 bits per heavy atom. The highest BCUT2D eigenvalue weighted by molar-refractivity contribution is 7.09. The van der Waals surface area contributed by atoms with Gasteiger partial charge in [-0.25, -0.2) is 4.98 Å². The van der Waals surface area contributed by atoms with Crippen LogP contribution in [-0.2, 0) is 12.5 Å². The van der Waals surface area contributed by atoms with Crippen LogP contribution in [0.3, 0.4) is 0 Å². The first-order valence-corrected chi connectivity index (χ1v) is 7.37. The summed E-state index contributed by atoms with van der Waals surface area (Å²) in [5, 5.41) is 5.24. The van der Waals surface area contributed by atoms with Gasteiger partial charge in [0.2, 0.25) is 0 Å². The van der Waals surface area contributed by atoms with Crippen LogP contribution in [0.2, 0.25) is 0 Å². The number of ether oxygens (including phenoxy) is 1. The van der Waals surface area contributed by atoms with Gasteiger partial charge >= 0.3 is 0 Å². The molecule has 96 valence electrons. The molecule has 1 heterocycles. The maximum Gasteiger partial charge on any atom is 0.140 e. The van der Waals surface area contributed by atoms with Crippen molar-refractivity contribution in [2.24, 2.45) is 0 Å². The lowest BCUT2D eigenvalue weighted by Gasteiger charge is -2.11. The predicted molar refractivity (Wildman–Crippen MR) is 80.0 cm³/mol. The lowest BCUT2D eigenvalue weighted by Crippen LogP contribution is -1.98. The van der Waals surface area contributed by atoms with E-state index in [9.17, 15) is 0 Å². The summed E-state index contributed by atoms with van der Waals surface area (Å²) >= 11 is 7.67. The molecule has 3 aromatic rings. The first kappa shape index (κ1) is 12.5. The number of benzene rings is 2. The van der Waals surface area contributed by atoms with E-state index < -0.39 is 0 Å². The van der Waals surface area contributed by atoms with Gasteiger partial charge in [-0.3, -0.25) is 0 Å². The Morgan fingerprint density at radius 2 is 2.05 bits per heavy atom. The average Bonchev–Trinajstić information content (AvgIpc) is 2.97. The van der Waals surface area contributed by atoms with Crippen LogP contribution in [0.4, 0.5) is 0 Å². The molecular weight excluding hydrogens is 278 g/mol. The van der Waals surface area contributed by atoms with Gasteiger partial charge in [0, 0.05) is 17.1 Å². The van der Waals surface area contributed by atoms with Crippen molar-refractivity contribution in [3.63, 3.8) is 0 Å². The third-order valence-corrected chi connectivity index (χ3v) is 3.99. The van der Waals surface area contributed by atoms with Gasteiger partial charge in [0.05, 0.1) is 5.88 Å². The molecule has 0 fully saturated rings. The van der Waals surface area contributed by atoms with E-state index >= 15 is 0 Å². The quantitative estimate of drug-likeness (QED) is 0.654. The highest BCUT2D eigenvalue weighted by atomic mass is 35.5. The molecule has 0 saturated heterocycles. The second-order valence-corrected chi connectivity index (χ2v) is 5.36. The molecule has 0 N–H and O–H groups in total. The molecule has 19 heavy (non-hydrogen) atoms. The molecule has 0 bridgehead atoms. The molecule has 2 aromatic carbocycles. The van der Waals surface area contributed by atoms with Gasteiger partial charge in [-0.1, -0.05) is 30.3 Å². The van der Waals surface area contributed by atoms with E-state index in [2.05, 4.69) is 23.2 Å². The summed E-state index contributed by atoms with van der Waals surface area (Å²) in [4.78, 5) is 4.21. The normalized spacial score (nSPS) is 10.8. The van der Waals surface area contributed by atoms with Crippen molar-refractivity contribution < 1.29 is 4.74 Å². The zero-order chi connectivity index (χ0) is 13.1. The smallest absolute Gasteiger partial charge is 0.140 e. The van der Waals surface area contributed by atoms with E-state index in [1.54, 1.807) is 17.5 Å². The molecule has 1 aromatic heterocycles. The number of hydrogen-bond donors (Lipinski definition) is 0. The molecular formula is C15H12ClNOS. The number of halogens is 1. The number of aromatic nitrogens is 1. The van der Waals surface area contributed by atoms with Gasteiger partial charge in [-0.15, -0.1) is 22.9 Å². The number of rotatable bonds is 4. The third-order valence-electron chi connectivity index (χ3n) is 2.97. The van der Waals surface area contributed by atoms with Crippen molar-refractivity contribution in [1.82, 2.24) is 4.98 Å². The molecule has 0 unspecified atom stereocenters. The summed E-state index contributed by atoms with van der Waals surface area (Å²) in [6.45, 7) is 0.486. The fourth-order valence-electron chi connectivity index (χ4n) is 2.05. The molecule has 0 aliphatic rings. The lowest BCUT2D eigenvalue weighted by atomic mass is 10.0. The van der Waals surface area contributed by atoms with Crippen LogP contribution in [0.1, 0.15) is 10.6 Å². The fourth-order valence-corrected chi connectivity index (χ4v) is 2.86. The maximum absolute atomic E-state index is 6.08. The zero-order valence-electron chi connectivity index (χ0n) is 10.2. The Bertz CT molecular complexity index is 682. The van der Waals surface area contributed by atoms with E-state index in [0.29, 0.717) is 12.5 Å². The fraction of sp³-hybridized carbons (Fsp3) is 0.133. The number of hydrogen-bond acceptors (Lipinski definition) is 3. The summed E-state index contributed by atoms with van der Waals surface area (Å²) in [7, 11) is 0. The summed E-state index contributed by atoms with van der Waals surface area (Å²) in [6.07, 6.45) is 1.78. The van der Waals surface area contributed by atoms with Crippen LogP contribution in [-0.4, -0.2) is 4.98 Å². The highest BCUT2D eigenvalue weighted by Gasteiger charge is 2.08. The summed E-state index contributed by atoms with van der Waals surface area (Å²) in [6, 6.07) is 12.2. The molecule has 0 radical (unpaired) electrons. The van der Waals surface area contributed by atoms with Crippen molar-refractivity contribution in [3.05, 3.63) is 58.5 Å². The van der Waals surface area contributed by atoms with Gasteiger partial charge in [-0.2, -0.15) is 0 Å². The van der Waals surface area contributed by atoms with Crippen LogP contribution in [0.15, 0.2) is 48.0 Å². The summed E-state index contributed by atoms with van der Waals surface area (Å²) in [5.41, 5.74) is 1.04. The Balaban J connectivity index is 1.94. The molecule has 4 heteroatoms. The Labute approximate surface area is 120 Å². The van der Waals surface area contributed by atoms with Crippen molar-refractivity contribution in [1.29, 1.82) is 0 Å². The van der Waals surface area contributed by atoms with Gasteiger partial charge < -0.3 is 4.74 Å². The summed E-state index contributed by atoms with van der Waals surface area (Å²) in [5.74, 6) is 1.28. The van der Waals surface area contributed by atoms with E-state index in [4.69, 9.17) is 16.3 Å². The number of fused-ring (bicyclic) bond motifs is 1. The van der Waals surface area contributed by atoms with Crippen LogP contribution in [0.5, 0.6) is 5.75 Å². The maximum atomic E-state index is 6.08. The highest BCUT2D eigenvalue weighted by Crippen LogP contribution is 2.30. The van der Waals surface area contributed by atoms with Crippen LogP contribution in [0, 0.1) is 0 Å². The van der Waals surface area contributed by atoms with E-state index in [-0.39, 0.29) is 0 Å². The molecule has 0 spiro atoms. The number of alkyl halides is 1. The molecule has 3 rings (SSSR count). The van der Waals surface area contributed by atoms with Crippen LogP contribution in [0.25, 0.3) is 10.8 Å². The SMILES string of the molecule is ClCc1c(OCc2nccs2)ccc2ccccc12. The Kier molecular flexibility index (Phi) is 3.67. The van der Waals surface area contributed by atoms with Crippen molar-refractivity contribution in [2.45, 2.75) is 12.5 Å². The van der Waals surface area contributed by atoms with Gasteiger partial charge in [0.15, 0.2) is 0 Å². The Morgan fingerprint density at radius 3 is 2.84 bits per heavy atom. The predicted octanol–water partition coefficient (Wildman–Crippen LogP) is 4.61. The standard InChI is InChI=1S/C15H12ClNOS/c16-9-13-12-4-2-1-3-11(12)5-6-14(13)18-10-15-17-7-8-19-15/h1-8H,9-10H2. The second kappa shape index (κ2) is 5.59. The van der Waals surface area contributed by atoms with Gasteiger partial charge in [-0.05, 0) is 16.8 Å². The minimum absolute atomic E-state index is 0.439. The zero-order valence-corrected chi connectivity index (χ0v) is 11.7. The van der Waals surface area contributed by atoms with Crippen LogP contribution < -0.4 is 4.74 Å². The molecule has 0 amide bonds. The van der Waals surface area contributed by atoms with Gasteiger partial charge in [0.1, 0.15) is 17.4 Å². The van der Waals surface area contributed by atoms with E-state index in [0.717, 1.165) is 21.7 Å². The van der Waals surface area contributed by atoms with Crippen molar-refractivity contribution >= 4 is 33.7 Å². The van der Waals surface area contributed by atoms with E-state index in [1.807, 2.05) is 23.6 Å².